The van der Waals surface area contributed by atoms with E-state index in [1.165, 1.54) is 0 Å². The van der Waals surface area contributed by atoms with Crippen LogP contribution in [0, 0.1) is 12.3 Å². The van der Waals surface area contributed by atoms with E-state index in [9.17, 15) is 9.59 Å². The first kappa shape index (κ1) is 18.2. The van der Waals surface area contributed by atoms with Crippen molar-refractivity contribution in [2.75, 3.05) is 11.9 Å². The molecule has 2 N–H and O–H groups in total. The van der Waals surface area contributed by atoms with Gasteiger partial charge in [0.1, 0.15) is 12.4 Å². The van der Waals surface area contributed by atoms with Gasteiger partial charge in [-0.3, -0.25) is 9.59 Å². The number of terminal acetylenes is 1. The molecular formula is C21H20N4O2. The van der Waals surface area contributed by atoms with Crippen LogP contribution in [-0.2, 0) is 17.8 Å². The smallest absolute Gasteiger partial charge is 0.254 e. The number of imidazole rings is 1. The maximum atomic E-state index is 12.7. The standard InChI is InChI=1S/C21H20N4O2/c1-3-13-22-21(27)15-9-5-6-10-16(15)24-20(26)14-25-18-12-8-7-11-17(18)23-19(25)4-2/h1,5-12H,4,13-14H2,2H3,(H,22,27)(H,24,26). The van der Waals surface area contributed by atoms with Crippen molar-refractivity contribution in [3.8, 4) is 12.3 Å². The molecule has 0 fully saturated rings. The van der Waals surface area contributed by atoms with Crippen molar-refractivity contribution >= 4 is 28.5 Å². The van der Waals surface area contributed by atoms with Gasteiger partial charge in [0.15, 0.2) is 0 Å². The van der Waals surface area contributed by atoms with Gasteiger partial charge in [0.2, 0.25) is 5.91 Å². The van der Waals surface area contributed by atoms with Gasteiger partial charge in [-0.1, -0.05) is 37.1 Å². The molecule has 0 aliphatic rings. The molecule has 6 nitrogen and oxygen atoms in total. The number of rotatable bonds is 6. The Labute approximate surface area is 157 Å². The van der Waals surface area contributed by atoms with Gasteiger partial charge in [-0.15, -0.1) is 6.42 Å². The Hall–Kier alpha value is -3.59. The summed E-state index contributed by atoms with van der Waals surface area (Å²) in [5, 5.41) is 5.43. The van der Waals surface area contributed by atoms with Gasteiger partial charge in [0.25, 0.3) is 5.91 Å². The molecule has 0 spiro atoms. The maximum Gasteiger partial charge on any atom is 0.254 e. The second-order valence-electron chi connectivity index (χ2n) is 5.94. The summed E-state index contributed by atoms with van der Waals surface area (Å²) in [7, 11) is 0. The minimum atomic E-state index is -0.328. The number of para-hydroxylation sites is 3. The molecule has 0 bridgehead atoms. The molecule has 3 rings (SSSR count). The van der Waals surface area contributed by atoms with E-state index in [2.05, 4.69) is 21.5 Å². The van der Waals surface area contributed by atoms with Gasteiger partial charge in [0, 0.05) is 6.42 Å². The average Bonchev–Trinajstić information content (AvgIpc) is 3.04. The molecular weight excluding hydrogens is 340 g/mol. The third kappa shape index (κ3) is 3.98. The number of carbonyl (C=O) groups is 2. The highest BCUT2D eigenvalue weighted by Crippen LogP contribution is 2.18. The van der Waals surface area contributed by atoms with E-state index in [1.807, 2.05) is 35.8 Å². The van der Waals surface area contributed by atoms with E-state index in [1.54, 1.807) is 24.3 Å². The summed E-state index contributed by atoms with van der Waals surface area (Å²) in [6, 6.07) is 14.5. The van der Waals surface area contributed by atoms with Crippen molar-refractivity contribution in [2.45, 2.75) is 19.9 Å². The lowest BCUT2D eigenvalue weighted by atomic mass is 10.1. The van der Waals surface area contributed by atoms with E-state index in [0.717, 1.165) is 16.9 Å². The molecule has 2 amide bonds. The maximum absolute atomic E-state index is 12.7. The van der Waals surface area contributed by atoms with E-state index < -0.39 is 0 Å². The third-order valence-electron chi connectivity index (χ3n) is 4.15. The fraction of sp³-hybridized carbons (Fsp3) is 0.190. The average molecular weight is 360 g/mol. The monoisotopic (exact) mass is 360 g/mol. The molecule has 0 saturated heterocycles. The molecule has 1 aromatic heterocycles. The highest BCUT2D eigenvalue weighted by Gasteiger charge is 2.15. The van der Waals surface area contributed by atoms with E-state index >= 15 is 0 Å². The number of benzene rings is 2. The minimum absolute atomic E-state index is 0.115. The Bertz CT molecular complexity index is 1030. The van der Waals surface area contributed by atoms with E-state index in [0.29, 0.717) is 17.7 Å². The number of carbonyl (C=O) groups excluding carboxylic acids is 2. The lowest BCUT2D eigenvalue weighted by molar-refractivity contribution is -0.116. The summed E-state index contributed by atoms with van der Waals surface area (Å²) in [5.74, 6) is 2.64. The summed E-state index contributed by atoms with van der Waals surface area (Å²) in [6.07, 6.45) is 5.89. The van der Waals surface area contributed by atoms with Crippen molar-refractivity contribution in [1.29, 1.82) is 0 Å². The summed E-state index contributed by atoms with van der Waals surface area (Å²) in [6.45, 7) is 2.24. The topological polar surface area (TPSA) is 76.0 Å². The molecule has 0 saturated carbocycles. The Morgan fingerprint density at radius 2 is 1.89 bits per heavy atom. The van der Waals surface area contributed by atoms with Crippen LogP contribution in [0.2, 0.25) is 0 Å². The number of aryl methyl sites for hydroxylation is 1. The van der Waals surface area contributed by atoms with Crippen molar-refractivity contribution < 1.29 is 9.59 Å². The number of aromatic nitrogens is 2. The summed E-state index contributed by atoms with van der Waals surface area (Å²) >= 11 is 0. The van der Waals surface area contributed by atoms with Crippen molar-refractivity contribution in [2.24, 2.45) is 0 Å². The van der Waals surface area contributed by atoms with Crippen LogP contribution < -0.4 is 10.6 Å². The quantitative estimate of drug-likeness (QED) is 0.664. The van der Waals surface area contributed by atoms with E-state index in [4.69, 9.17) is 6.42 Å². The number of amides is 2. The zero-order valence-electron chi connectivity index (χ0n) is 15.0. The fourth-order valence-electron chi connectivity index (χ4n) is 2.92. The molecule has 136 valence electrons. The van der Waals surface area contributed by atoms with Crippen molar-refractivity contribution in [3.63, 3.8) is 0 Å². The van der Waals surface area contributed by atoms with Crippen LogP contribution in [0.1, 0.15) is 23.1 Å². The summed E-state index contributed by atoms with van der Waals surface area (Å²) < 4.78 is 1.89. The second kappa shape index (κ2) is 8.19. The molecule has 0 unspecified atom stereocenters. The summed E-state index contributed by atoms with van der Waals surface area (Å²) in [4.78, 5) is 29.5. The van der Waals surface area contributed by atoms with Gasteiger partial charge < -0.3 is 15.2 Å². The SMILES string of the molecule is C#CCNC(=O)c1ccccc1NC(=O)Cn1c(CC)nc2ccccc21. The second-order valence-corrected chi connectivity index (χ2v) is 5.94. The first-order chi connectivity index (χ1) is 13.1. The number of anilines is 1. The van der Waals surface area contributed by atoms with Gasteiger partial charge >= 0.3 is 0 Å². The first-order valence-electron chi connectivity index (χ1n) is 8.68. The zero-order valence-corrected chi connectivity index (χ0v) is 15.0. The molecule has 2 aromatic carbocycles. The highest BCUT2D eigenvalue weighted by atomic mass is 16.2. The predicted molar refractivity (Wildman–Crippen MR) is 105 cm³/mol. The lowest BCUT2D eigenvalue weighted by Gasteiger charge is -2.12. The van der Waals surface area contributed by atoms with Crippen LogP contribution in [0.3, 0.4) is 0 Å². The molecule has 3 aromatic rings. The van der Waals surface area contributed by atoms with Gasteiger partial charge in [-0.25, -0.2) is 4.98 Å². The zero-order chi connectivity index (χ0) is 19.2. The molecule has 27 heavy (non-hydrogen) atoms. The Morgan fingerprint density at radius 3 is 2.67 bits per heavy atom. The van der Waals surface area contributed by atoms with Crippen LogP contribution in [-0.4, -0.2) is 27.9 Å². The normalized spacial score (nSPS) is 10.4. The first-order valence-corrected chi connectivity index (χ1v) is 8.68. The predicted octanol–water partition coefficient (Wildman–Crippen LogP) is 2.60. The number of nitrogens with one attached hydrogen (secondary N) is 2. The van der Waals surface area contributed by atoms with Crippen LogP contribution in [0.4, 0.5) is 5.69 Å². The Balaban J connectivity index is 1.82. The Kier molecular flexibility index (Phi) is 5.53. The van der Waals surface area contributed by atoms with Crippen LogP contribution in [0.25, 0.3) is 11.0 Å². The van der Waals surface area contributed by atoms with Gasteiger partial charge in [-0.2, -0.15) is 0 Å². The lowest BCUT2D eigenvalue weighted by Crippen LogP contribution is -2.26. The third-order valence-corrected chi connectivity index (χ3v) is 4.15. The minimum Gasteiger partial charge on any atom is -0.341 e. The van der Waals surface area contributed by atoms with Gasteiger partial charge in [-0.05, 0) is 24.3 Å². The van der Waals surface area contributed by atoms with Crippen LogP contribution >= 0.6 is 0 Å². The molecule has 1 heterocycles. The van der Waals surface area contributed by atoms with Crippen LogP contribution in [0.15, 0.2) is 48.5 Å². The molecule has 0 radical (unpaired) electrons. The molecule has 0 aliphatic carbocycles. The van der Waals surface area contributed by atoms with Crippen LogP contribution in [0.5, 0.6) is 0 Å². The van der Waals surface area contributed by atoms with Crippen molar-refractivity contribution in [3.05, 3.63) is 59.9 Å². The summed E-state index contributed by atoms with van der Waals surface area (Å²) in [5.41, 5.74) is 2.58. The van der Waals surface area contributed by atoms with Gasteiger partial charge in [0.05, 0.1) is 28.8 Å². The van der Waals surface area contributed by atoms with Crippen molar-refractivity contribution in [1.82, 2.24) is 14.9 Å². The number of nitrogens with zero attached hydrogens (tertiary/aromatic N) is 2. The highest BCUT2D eigenvalue weighted by molar-refractivity contribution is 6.03. The number of hydrogen-bond donors (Lipinski definition) is 2. The number of fused-ring (bicyclic) bond motifs is 1. The largest absolute Gasteiger partial charge is 0.341 e. The molecule has 0 aliphatic heterocycles. The molecule has 6 heteroatoms. The molecule has 0 atom stereocenters. The van der Waals surface area contributed by atoms with E-state index in [-0.39, 0.29) is 24.9 Å². The fourth-order valence-corrected chi connectivity index (χ4v) is 2.92. The number of hydrogen-bond acceptors (Lipinski definition) is 3. The Morgan fingerprint density at radius 1 is 1.15 bits per heavy atom.